The van der Waals surface area contributed by atoms with Crippen molar-refractivity contribution < 1.29 is 9.90 Å². The second kappa shape index (κ2) is 5.96. The van der Waals surface area contributed by atoms with Crippen LogP contribution in [0.5, 0.6) is 5.75 Å². The topological polar surface area (TPSA) is 67.2 Å². The molecule has 116 valence electrons. The van der Waals surface area contributed by atoms with Crippen molar-refractivity contribution in [3.05, 3.63) is 71.5 Å². The molecule has 0 radical (unpaired) electrons. The van der Waals surface area contributed by atoms with E-state index in [2.05, 4.69) is 10.4 Å². The summed E-state index contributed by atoms with van der Waals surface area (Å²) in [5, 5.41) is 17.1. The van der Waals surface area contributed by atoms with Gasteiger partial charge in [-0.3, -0.25) is 4.79 Å². The molecule has 2 aromatic carbocycles. The van der Waals surface area contributed by atoms with Crippen LogP contribution < -0.4 is 5.32 Å². The molecule has 1 aromatic heterocycles. The van der Waals surface area contributed by atoms with Gasteiger partial charge in [-0.2, -0.15) is 5.10 Å². The second-order valence-electron chi connectivity index (χ2n) is 5.26. The fourth-order valence-electron chi connectivity index (χ4n) is 2.49. The van der Waals surface area contributed by atoms with E-state index in [0.29, 0.717) is 5.69 Å². The Hall–Kier alpha value is -3.08. The van der Waals surface area contributed by atoms with Crippen molar-refractivity contribution in [3.8, 4) is 11.4 Å². The van der Waals surface area contributed by atoms with Gasteiger partial charge in [-0.25, -0.2) is 4.68 Å². The minimum atomic E-state index is -0.359. The van der Waals surface area contributed by atoms with E-state index in [-0.39, 0.29) is 17.2 Å². The first kappa shape index (κ1) is 14.8. The van der Waals surface area contributed by atoms with Crippen LogP contribution in [0.1, 0.15) is 21.7 Å². The van der Waals surface area contributed by atoms with E-state index < -0.39 is 0 Å². The molecular formula is C18H17N3O2. The zero-order valence-corrected chi connectivity index (χ0v) is 12.9. The number of carbonyl (C=O) groups is 1. The molecule has 0 fully saturated rings. The number of nitrogens with zero attached hydrogens (tertiary/aromatic N) is 2. The van der Waals surface area contributed by atoms with Crippen LogP contribution in [0.4, 0.5) is 5.69 Å². The third-order valence-corrected chi connectivity index (χ3v) is 3.68. The van der Waals surface area contributed by atoms with E-state index in [4.69, 9.17) is 0 Å². The fourth-order valence-corrected chi connectivity index (χ4v) is 2.49. The summed E-state index contributed by atoms with van der Waals surface area (Å²) in [4.78, 5) is 12.4. The van der Waals surface area contributed by atoms with Gasteiger partial charge in [-0.05, 0) is 38.1 Å². The SMILES string of the molecule is Cc1nn(-c2ccccc2)c(C)c1NC(=O)c1ccccc1O. The van der Waals surface area contributed by atoms with E-state index in [1.54, 1.807) is 22.9 Å². The number of phenolic OH excluding ortho intramolecular Hbond substituents is 1. The summed E-state index contributed by atoms with van der Waals surface area (Å²) in [7, 11) is 0. The molecule has 0 aliphatic carbocycles. The quantitative estimate of drug-likeness (QED) is 0.779. The third-order valence-electron chi connectivity index (χ3n) is 3.68. The van der Waals surface area contributed by atoms with Crippen LogP contribution >= 0.6 is 0 Å². The summed E-state index contributed by atoms with van der Waals surface area (Å²) in [5.74, 6) is -0.405. The van der Waals surface area contributed by atoms with E-state index in [9.17, 15) is 9.90 Å². The van der Waals surface area contributed by atoms with Crippen LogP contribution in [0, 0.1) is 13.8 Å². The van der Waals surface area contributed by atoms with E-state index in [1.165, 1.54) is 6.07 Å². The van der Waals surface area contributed by atoms with Gasteiger partial charge in [-0.15, -0.1) is 0 Å². The molecule has 2 N–H and O–H groups in total. The molecule has 23 heavy (non-hydrogen) atoms. The van der Waals surface area contributed by atoms with Gasteiger partial charge in [0.25, 0.3) is 5.91 Å². The molecule has 0 saturated heterocycles. The van der Waals surface area contributed by atoms with Gasteiger partial charge in [0.05, 0.1) is 28.3 Å². The summed E-state index contributed by atoms with van der Waals surface area (Å²) < 4.78 is 1.79. The summed E-state index contributed by atoms with van der Waals surface area (Å²) in [6, 6.07) is 16.2. The van der Waals surface area contributed by atoms with Crippen LogP contribution in [0.15, 0.2) is 54.6 Å². The van der Waals surface area contributed by atoms with Crippen molar-refractivity contribution in [1.82, 2.24) is 9.78 Å². The normalized spacial score (nSPS) is 10.5. The number of phenols is 1. The molecule has 5 nitrogen and oxygen atoms in total. The number of aromatic hydroxyl groups is 1. The Bertz CT molecular complexity index is 854. The van der Waals surface area contributed by atoms with Crippen molar-refractivity contribution in [2.75, 3.05) is 5.32 Å². The number of hydrogen-bond donors (Lipinski definition) is 2. The average Bonchev–Trinajstić information content (AvgIpc) is 2.84. The average molecular weight is 307 g/mol. The maximum absolute atomic E-state index is 12.4. The summed E-state index contributed by atoms with van der Waals surface area (Å²) in [6.07, 6.45) is 0. The molecule has 0 aliphatic rings. The molecule has 1 amide bonds. The predicted molar refractivity (Wildman–Crippen MR) is 89.1 cm³/mol. The van der Waals surface area contributed by atoms with Crippen molar-refractivity contribution in [3.63, 3.8) is 0 Å². The molecular weight excluding hydrogens is 290 g/mol. The first-order chi connectivity index (χ1) is 11.1. The highest BCUT2D eigenvalue weighted by Crippen LogP contribution is 2.24. The highest BCUT2D eigenvalue weighted by Gasteiger charge is 2.17. The van der Waals surface area contributed by atoms with Crippen molar-refractivity contribution in [1.29, 1.82) is 0 Å². The molecule has 0 saturated carbocycles. The smallest absolute Gasteiger partial charge is 0.259 e. The van der Waals surface area contributed by atoms with Gasteiger partial charge in [0.15, 0.2) is 0 Å². The van der Waals surface area contributed by atoms with Gasteiger partial charge >= 0.3 is 0 Å². The number of benzene rings is 2. The molecule has 3 rings (SSSR count). The molecule has 0 bridgehead atoms. The van der Waals surface area contributed by atoms with E-state index in [0.717, 1.165) is 17.1 Å². The molecule has 0 unspecified atom stereocenters. The Balaban J connectivity index is 1.94. The van der Waals surface area contributed by atoms with Crippen molar-refractivity contribution in [2.24, 2.45) is 0 Å². The highest BCUT2D eigenvalue weighted by atomic mass is 16.3. The Morgan fingerprint density at radius 1 is 1.04 bits per heavy atom. The molecule has 3 aromatic rings. The number of aromatic nitrogens is 2. The standard InChI is InChI=1S/C18H17N3O2/c1-12-17(19-18(23)15-10-6-7-11-16(15)22)13(2)21(20-12)14-8-4-3-5-9-14/h3-11,22H,1-2H3,(H,19,23). The van der Waals surface area contributed by atoms with Crippen LogP contribution in [-0.2, 0) is 0 Å². The summed E-state index contributed by atoms with van der Waals surface area (Å²) in [6.45, 7) is 3.74. The number of hydrogen-bond acceptors (Lipinski definition) is 3. The largest absolute Gasteiger partial charge is 0.507 e. The van der Waals surface area contributed by atoms with Crippen LogP contribution in [0.3, 0.4) is 0 Å². The molecule has 0 spiro atoms. The third kappa shape index (κ3) is 2.81. The summed E-state index contributed by atoms with van der Waals surface area (Å²) in [5.41, 5.74) is 3.37. The first-order valence-electron chi connectivity index (χ1n) is 7.29. The van der Waals surface area contributed by atoms with E-state index >= 15 is 0 Å². The van der Waals surface area contributed by atoms with Gasteiger partial charge in [0.1, 0.15) is 5.75 Å². The van der Waals surface area contributed by atoms with Crippen LogP contribution in [0.25, 0.3) is 5.69 Å². The minimum absolute atomic E-state index is 0.0456. The lowest BCUT2D eigenvalue weighted by atomic mass is 10.2. The Labute approximate surface area is 134 Å². The highest BCUT2D eigenvalue weighted by molar-refractivity contribution is 6.06. The lowest BCUT2D eigenvalue weighted by Crippen LogP contribution is -2.13. The first-order valence-corrected chi connectivity index (χ1v) is 7.29. The van der Waals surface area contributed by atoms with Gasteiger partial charge in [0, 0.05) is 0 Å². The Morgan fingerprint density at radius 2 is 1.70 bits per heavy atom. The van der Waals surface area contributed by atoms with Crippen LogP contribution in [0.2, 0.25) is 0 Å². The van der Waals surface area contributed by atoms with Gasteiger partial charge < -0.3 is 10.4 Å². The minimum Gasteiger partial charge on any atom is -0.507 e. The molecule has 5 heteroatoms. The maximum Gasteiger partial charge on any atom is 0.259 e. The van der Waals surface area contributed by atoms with E-state index in [1.807, 2.05) is 44.2 Å². The lowest BCUT2D eigenvalue weighted by Gasteiger charge is -2.08. The van der Waals surface area contributed by atoms with Crippen molar-refractivity contribution in [2.45, 2.75) is 13.8 Å². The number of rotatable bonds is 3. The zero-order valence-electron chi connectivity index (χ0n) is 12.9. The summed E-state index contributed by atoms with van der Waals surface area (Å²) >= 11 is 0. The van der Waals surface area contributed by atoms with Crippen molar-refractivity contribution >= 4 is 11.6 Å². The number of carbonyl (C=O) groups excluding carboxylic acids is 1. The second-order valence-corrected chi connectivity index (χ2v) is 5.26. The van der Waals surface area contributed by atoms with Gasteiger partial charge in [-0.1, -0.05) is 30.3 Å². The number of anilines is 1. The van der Waals surface area contributed by atoms with Gasteiger partial charge in [0.2, 0.25) is 0 Å². The fraction of sp³-hybridized carbons (Fsp3) is 0.111. The maximum atomic E-state index is 12.4. The number of amides is 1. The van der Waals surface area contributed by atoms with Crippen LogP contribution in [-0.4, -0.2) is 20.8 Å². The molecule has 1 heterocycles. The molecule has 0 atom stereocenters. The number of para-hydroxylation sites is 2. The number of aryl methyl sites for hydroxylation is 1. The predicted octanol–water partition coefficient (Wildman–Crippen LogP) is 3.45. The Morgan fingerprint density at radius 3 is 2.39 bits per heavy atom. The Kier molecular flexibility index (Phi) is 3.85. The number of nitrogens with one attached hydrogen (secondary N) is 1. The molecule has 0 aliphatic heterocycles. The zero-order chi connectivity index (χ0) is 16.4. The lowest BCUT2D eigenvalue weighted by molar-refractivity contribution is 0.102. The monoisotopic (exact) mass is 307 g/mol.